The SMILES string of the molecule is ON=Cc1ccc(OCc2coc(-c3ccc(C(F)(F)F)cc3)n2)cc1. The number of alkyl halides is 3. The van der Waals surface area contributed by atoms with Crippen LogP contribution in [0, 0.1) is 0 Å². The number of halogens is 3. The second-order valence-electron chi connectivity index (χ2n) is 5.32. The van der Waals surface area contributed by atoms with E-state index in [1.807, 2.05) is 0 Å². The second kappa shape index (κ2) is 7.30. The summed E-state index contributed by atoms with van der Waals surface area (Å²) in [6.07, 6.45) is -1.70. The first-order chi connectivity index (χ1) is 12.5. The Hall–Kier alpha value is -3.29. The zero-order chi connectivity index (χ0) is 18.6. The molecular formula is C18H13F3N2O3. The monoisotopic (exact) mass is 362 g/mol. The van der Waals surface area contributed by atoms with Crippen LogP contribution < -0.4 is 4.74 Å². The van der Waals surface area contributed by atoms with E-state index < -0.39 is 11.7 Å². The minimum atomic E-state index is -4.38. The number of aromatic nitrogens is 1. The van der Waals surface area contributed by atoms with Crippen molar-refractivity contribution in [1.29, 1.82) is 0 Å². The average molecular weight is 362 g/mol. The minimum Gasteiger partial charge on any atom is -0.487 e. The summed E-state index contributed by atoms with van der Waals surface area (Å²) in [4.78, 5) is 4.21. The smallest absolute Gasteiger partial charge is 0.416 e. The highest BCUT2D eigenvalue weighted by Gasteiger charge is 2.30. The van der Waals surface area contributed by atoms with Crippen molar-refractivity contribution >= 4 is 6.21 Å². The Kier molecular flexibility index (Phi) is 4.92. The molecule has 5 nitrogen and oxygen atoms in total. The lowest BCUT2D eigenvalue weighted by molar-refractivity contribution is -0.137. The average Bonchev–Trinajstić information content (AvgIpc) is 3.10. The molecule has 0 atom stereocenters. The molecule has 26 heavy (non-hydrogen) atoms. The van der Waals surface area contributed by atoms with E-state index in [9.17, 15) is 13.2 Å². The summed E-state index contributed by atoms with van der Waals surface area (Å²) in [6, 6.07) is 11.4. The van der Waals surface area contributed by atoms with Gasteiger partial charge in [-0.2, -0.15) is 13.2 Å². The minimum absolute atomic E-state index is 0.136. The largest absolute Gasteiger partial charge is 0.487 e. The van der Waals surface area contributed by atoms with Gasteiger partial charge in [0.05, 0.1) is 11.8 Å². The normalized spacial score (nSPS) is 11.8. The van der Waals surface area contributed by atoms with Gasteiger partial charge in [0.25, 0.3) is 0 Å². The molecule has 134 valence electrons. The number of hydrogen-bond donors (Lipinski definition) is 1. The first-order valence-electron chi connectivity index (χ1n) is 7.48. The van der Waals surface area contributed by atoms with Crippen molar-refractivity contribution in [2.45, 2.75) is 12.8 Å². The Morgan fingerprint density at radius 1 is 1.08 bits per heavy atom. The van der Waals surface area contributed by atoms with Crippen molar-refractivity contribution in [3.05, 3.63) is 71.6 Å². The molecule has 0 unspecified atom stereocenters. The van der Waals surface area contributed by atoms with Gasteiger partial charge in [-0.25, -0.2) is 4.98 Å². The topological polar surface area (TPSA) is 67.9 Å². The van der Waals surface area contributed by atoms with E-state index >= 15 is 0 Å². The van der Waals surface area contributed by atoms with Crippen molar-refractivity contribution in [2.24, 2.45) is 5.16 Å². The number of ether oxygens (including phenoxy) is 1. The molecule has 0 aliphatic carbocycles. The molecule has 0 aliphatic rings. The summed E-state index contributed by atoms with van der Waals surface area (Å²) >= 11 is 0. The standard InChI is InChI=1S/C18H13F3N2O3/c19-18(20,21)14-5-3-13(4-6-14)17-23-15(11-26-17)10-25-16-7-1-12(2-8-16)9-22-24/h1-9,11,24H,10H2. The first kappa shape index (κ1) is 17.5. The van der Waals surface area contributed by atoms with Crippen LogP contribution in [-0.2, 0) is 12.8 Å². The van der Waals surface area contributed by atoms with E-state index in [4.69, 9.17) is 14.4 Å². The van der Waals surface area contributed by atoms with Crippen molar-refractivity contribution in [1.82, 2.24) is 4.98 Å². The fourth-order valence-corrected chi connectivity index (χ4v) is 2.18. The van der Waals surface area contributed by atoms with E-state index in [-0.39, 0.29) is 12.5 Å². The van der Waals surface area contributed by atoms with Crippen LogP contribution in [-0.4, -0.2) is 16.4 Å². The van der Waals surface area contributed by atoms with E-state index in [1.165, 1.54) is 24.6 Å². The number of benzene rings is 2. The summed E-state index contributed by atoms with van der Waals surface area (Å²) in [5.74, 6) is 0.797. The maximum absolute atomic E-state index is 12.6. The Bertz CT molecular complexity index is 885. The van der Waals surface area contributed by atoms with E-state index in [1.54, 1.807) is 24.3 Å². The third kappa shape index (κ3) is 4.21. The predicted molar refractivity (Wildman–Crippen MR) is 87.1 cm³/mol. The van der Waals surface area contributed by atoms with Crippen molar-refractivity contribution in [3.8, 4) is 17.2 Å². The van der Waals surface area contributed by atoms with E-state index in [2.05, 4.69) is 10.1 Å². The molecule has 0 radical (unpaired) electrons. The van der Waals surface area contributed by atoms with Gasteiger partial charge in [0.15, 0.2) is 0 Å². The molecule has 8 heteroatoms. The fraction of sp³-hybridized carbons (Fsp3) is 0.111. The maximum atomic E-state index is 12.6. The summed E-state index contributed by atoms with van der Waals surface area (Å²) in [5.41, 5.74) is 0.926. The van der Waals surface area contributed by atoms with Gasteiger partial charge in [-0.05, 0) is 54.1 Å². The molecule has 1 heterocycles. The van der Waals surface area contributed by atoms with E-state index in [0.29, 0.717) is 22.6 Å². The highest BCUT2D eigenvalue weighted by atomic mass is 19.4. The lowest BCUT2D eigenvalue weighted by atomic mass is 10.1. The third-order valence-electron chi connectivity index (χ3n) is 3.48. The van der Waals surface area contributed by atoms with Crippen LogP contribution >= 0.6 is 0 Å². The molecule has 1 aromatic heterocycles. The molecular weight excluding hydrogens is 349 g/mol. The first-order valence-corrected chi connectivity index (χ1v) is 7.48. The Morgan fingerprint density at radius 3 is 2.38 bits per heavy atom. The van der Waals surface area contributed by atoms with Crippen LogP contribution in [0.2, 0.25) is 0 Å². The number of rotatable bonds is 5. The molecule has 0 fully saturated rings. The van der Waals surface area contributed by atoms with Gasteiger partial charge in [-0.1, -0.05) is 5.16 Å². The van der Waals surface area contributed by atoms with Gasteiger partial charge in [-0.15, -0.1) is 0 Å². The van der Waals surface area contributed by atoms with Crippen LogP contribution in [0.3, 0.4) is 0 Å². The quantitative estimate of drug-likeness (QED) is 0.404. The molecule has 1 N–H and O–H groups in total. The predicted octanol–water partition coefficient (Wildman–Crippen LogP) is 4.75. The van der Waals surface area contributed by atoms with Gasteiger partial charge in [-0.3, -0.25) is 0 Å². The van der Waals surface area contributed by atoms with Gasteiger partial charge >= 0.3 is 6.18 Å². The molecule has 0 amide bonds. The molecule has 0 saturated heterocycles. The molecule has 0 bridgehead atoms. The van der Waals surface area contributed by atoms with Crippen LogP contribution in [0.5, 0.6) is 5.75 Å². The summed E-state index contributed by atoms with van der Waals surface area (Å²) in [5, 5.41) is 11.4. The lowest BCUT2D eigenvalue weighted by Gasteiger charge is -2.06. The van der Waals surface area contributed by atoms with Crippen molar-refractivity contribution < 1.29 is 27.5 Å². The fourth-order valence-electron chi connectivity index (χ4n) is 2.18. The molecule has 0 spiro atoms. The summed E-state index contributed by atoms with van der Waals surface area (Å²) in [6.45, 7) is 0.136. The van der Waals surface area contributed by atoms with Crippen molar-refractivity contribution in [2.75, 3.05) is 0 Å². The van der Waals surface area contributed by atoms with Crippen LogP contribution in [0.4, 0.5) is 13.2 Å². The zero-order valence-corrected chi connectivity index (χ0v) is 13.3. The van der Waals surface area contributed by atoms with Gasteiger partial charge in [0.2, 0.25) is 5.89 Å². The summed E-state index contributed by atoms with van der Waals surface area (Å²) < 4.78 is 48.6. The zero-order valence-electron chi connectivity index (χ0n) is 13.3. The molecule has 0 saturated carbocycles. The number of oxime groups is 1. The number of oxazole rings is 1. The van der Waals surface area contributed by atoms with E-state index in [0.717, 1.165) is 12.1 Å². The Labute approximate surface area is 146 Å². The van der Waals surface area contributed by atoms with Gasteiger partial charge < -0.3 is 14.4 Å². The molecule has 2 aromatic carbocycles. The lowest BCUT2D eigenvalue weighted by Crippen LogP contribution is -2.04. The molecule has 0 aliphatic heterocycles. The van der Waals surface area contributed by atoms with Crippen LogP contribution in [0.15, 0.2) is 64.4 Å². The van der Waals surface area contributed by atoms with Crippen molar-refractivity contribution in [3.63, 3.8) is 0 Å². The number of hydrogen-bond acceptors (Lipinski definition) is 5. The van der Waals surface area contributed by atoms with Crippen LogP contribution in [0.1, 0.15) is 16.8 Å². The number of nitrogens with zero attached hydrogens (tertiary/aromatic N) is 2. The Morgan fingerprint density at radius 2 is 1.77 bits per heavy atom. The molecule has 3 aromatic rings. The van der Waals surface area contributed by atoms with Gasteiger partial charge in [0.1, 0.15) is 24.3 Å². The van der Waals surface area contributed by atoms with Crippen LogP contribution in [0.25, 0.3) is 11.5 Å². The summed E-state index contributed by atoms with van der Waals surface area (Å²) in [7, 11) is 0. The third-order valence-corrected chi connectivity index (χ3v) is 3.48. The Balaban J connectivity index is 1.64. The maximum Gasteiger partial charge on any atom is 0.416 e. The highest BCUT2D eigenvalue weighted by molar-refractivity contribution is 5.79. The molecule has 3 rings (SSSR count). The second-order valence-corrected chi connectivity index (χ2v) is 5.32. The van der Waals surface area contributed by atoms with Gasteiger partial charge in [0, 0.05) is 5.56 Å². The highest BCUT2D eigenvalue weighted by Crippen LogP contribution is 2.30.